The SMILES string of the molecule is COc1ccc(Cn2c(=O)cnc3ccccc32)cc1F. The quantitative estimate of drug-likeness (QED) is 0.742. The zero-order valence-electron chi connectivity index (χ0n) is 11.4. The van der Waals surface area contributed by atoms with Gasteiger partial charge in [0.15, 0.2) is 11.6 Å². The summed E-state index contributed by atoms with van der Waals surface area (Å²) in [6, 6.07) is 12.0. The van der Waals surface area contributed by atoms with Crippen LogP contribution in [-0.2, 0) is 6.54 Å². The van der Waals surface area contributed by atoms with Gasteiger partial charge in [0.1, 0.15) is 0 Å². The van der Waals surface area contributed by atoms with Crippen LogP contribution in [0.1, 0.15) is 5.56 Å². The third-order valence-electron chi connectivity index (χ3n) is 3.31. The van der Waals surface area contributed by atoms with E-state index in [9.17, 15) is 9.18 Å². The lowest BCUT2D eigenvalue weighted by atomic mass is 10.2. The third kappa shape index (κ3) is 2.50. The molecule has 4 nitrogen and oxygen atoms in total. The highest BCUT2D eigenvalue weighted by molar-refractivity contribution is 5.74. The van der Waals surface area contributed by atoms with Gasteiger partial charge in [-0.1, -0.05) is 18.2 Å². The molecule has 5 heteroatoms. The van der Waals surface area contributed by atoms with E-state index in [1.165, 1.54) is 19.4 Å². The number of nitrogens with zero attached hydrogens (tertiary/aromatic N) is 2. The summed E-state index contributed by atoms with van der Waals surface area (Å²) in [6.07, 6.45) is 1.28. The Morgan fingerprint density at radius 1 is 1.24 bits per heavy atom. The van der Waals surface area contributed by atoms with Gasteiger partial charge in [-0.25, -0.2) is 9.37 Å². The molecule has 0 aliphatic rings. The van der Waals surface area contributed by atoms with E-state index in [-0.39, 0.29) is 17.9 Å². The Bertz CT molecular complexity index is 858. The number of hydrogen-bond donors (Lipinski definition) is 0. The first kappa shape index (κ1) is 13.3. The van der Waals surface area contributed by atoms with Gasteiger partial charge in [-0.15, -0.1) is 0 Å². The molecule has 3 rings (SSSR count). The maximum absolute atomic E-state index is 13.7. The minimum atomic E-state index is -0.443. The zero-order valence-corrected chi connectivity index (χ0v) is 11.4. The minimum absolute atomic E-state index is 0.186. The Kier molecular flexibility index (Phi) is 3.39. The summed E-state index contributed by atoms with van der Waals surface area (Å²) in [5, 5.41) is 0. The molecule has 0 aliphatic heterocycles. The average Bonchev–Trinajstić information content (AvgIpc) is 2.50. The fourth-order valence-corrected chi connectivity index (χ4v) is 2.27. The van der Waals surface area contributed by atoms with Crippen LogP contribution in [0.25, 0.3) is 11.0 Å². The van der Waals surface area contributed by atoms with Crippen LogP contribution in [0.4, 0.5) is 4.39 Å². The van der Waals surface area contributed by atoms with Gasteiger partial charge in [-0.2, -0.15) is 0 Å². The standard InChI is InChI=1S/C16H13FN2O2/c1-21-15-7-6-11(8-12(15)17)10-19-14-5-3-2-4-13(14)18-9-16(19)20/h2-9H,10H2,1H3. The topological polar surface area (TPSA) is 44.1 Å². The number of aromatic nitrogens is 2. The molecule has 0 atom stereocenters. The predicted octanol–water partition coefficient (Wildman–Crippen LogP) is 2.59. The average molecular weight is 284 g/mol. The van der Waals surface area contributed by atoms with E-state index < -0.39 is 5.82 Å². The smallest absolute Gasteiger partial charge is 0.269 e. The van der Waals surface area contributed by atoms with Gasteiger partial charge in [0, 0.05) is 0 Å². The van der Waals surface area contributed by atoms with Crippen molar-refractivity contribution >= 4 is 11.0 Å². The maximum atomic E-state index is 13.7. The number of fused-ring (bicyclic) bond motifs is 1. The monoisotopic (exact) mass is 284 g/mol. The Morgan fingerprint density at radius 3 is 2.81 bits per heavy atom. The van der Waals surface area contributed by atoms with Crippen molar-refractivity contribution in [3.63, 3.8) is 0 Å². The van der Waals surface area contributed by atoms with Crippen molar-refractivity contribution in [1.82, 2.24) is 9.55 Å². The van der Waals surface area contributed by atoms with Gasteiger partial charge >= 0.3 is 0 Å². The summed E-state index contributed by atoms with van der Waals surface area (Å²) < 4.78 is 20.2. The molecule has 0 fully saturated rings. The number of methoxy groups -OCH3 is 1. The van der Waals surface area contributed by atoms with Crippen LogP contribution < -0.4 is 10.3 Å². The second-order valence-corrected chi connectivity index (χ2v) is 4.64. The van der Waals surface area contributed by atoms with Crippen LogP contribution >= 0.6 is 0 Å². The summed E-state index contributed by atoms with van der Waals surface area (Å²) in [5.41, 5.74) is 1.92. The molecular formula is C16H13FN2O2. The largest absolute Gasteiger partial charge is 0.494 e. The van der Waals surface area contributed by atoms with E-state index in [1.807, 2.05) is 24.3 Å². The maximum Gasteiger partial charge on any atom is 0.269 e. The summed E-state index contributed by atoms with van der Waals surface area (Å²) in [5.74, 6) is -0.257. The highest BCUT2D eigenvalue weighted by Gasteiger charge is 2.07. The predicted molar refractivity (Wildman–Crippen MR) is 78.1 cm³/mol. The van der Waals surface area contributed by atoms with Gasteiger partial charge in [0.05, 0.1) is 30.9 Å². The molecule has 0 spiro atoms. The number of benzene rings is 2. The van der Waals surface area contributed by atoms with Crippen molar-refractivity contribution in [2.45, 2.75) is 6.54 Å². The van der Waals surface area contributed by atoms with E-state index in [1.54, 1.807) is 16.7 Å². The molecule has 0 amide bonds. The van der Waals surface area contributed by atoms with Crippen LogP contribution in [0.3, 0.4) is 0 Å². The first-order valence-electron chi connectivity index (χ1n) is 6.46. The molecule has 0 bridgehead atoms. The van der Waals surface area contributed by atoms with Crippen LogP contribution in [0.15, 0.2) is 53.5 Å². The molecule has 1 heterocycles. The Morgan fingerprint density at radius 2 is 2.05 bits per heavy atom. The van der Waals surface area contributed by atoms with Crippen molar-refractivity contribution in [2.75, 3.05) is 7.11 Å². The minimum Gasteiger partial charge on any atom is -0.494 e. The van der Waals surface area contributed by atoms with Crippen LogP contribution in [0.2, 0.25) is 0 Å². The van der Waals surface area contributed by atoms with Crippen LogP contribution in [0.5, 0.6) is 5.75 Å². The Hall–Kier alpha value is -2.69. The molecule has 2 aromatic carbocycles. The molecule has 0 N–H and O–H groups in total. The number of hydrogen-bond acceptors (Lipinski definition) is 3. The molecule has 1 aromatic heterocycles. The van der Waals surface area contributed by atoms with E-state index in [4.69, 9.17) is 4.74 Å². The normalized spacial score (nSPS) is 10.8. The van der Waals surface area contributed by atoms with Gasteiger partial charge in [-0.05, 0) is 29.8 Å². The summed E-state index contributed by atoms with van der Waals surface area (Å²) in [4.78, 5) is 16.1. The van der Waals surface area contributed by atoms with Crippen molar-refractivity contribution < 1.29 is 9.13 Å². The first-order valence-corrected chi connectivity index (χ1v) is 6.46. The number of para-hydroxylation sites is 2. The molecule has 0 saturated carbocycles. The van der Waals surface area contributed by atoms with Crippen molar-refractivity contribution in [3.05, 3.63) is 70.4 Å². The second kappa shape index (κ2) is 5.36. The lowest BCUT2D eigenvalue weighted by Crippen LogP contribution is -2.21. The van der Waals surface area contributed by atoms with Crippen LogP contribution in [0, 0.1) is 5.82 Å². The highest BCUT2D eigenvalue weighted by atomic mass is 19.1. The molecule has 0 saturated heterocycles. The van der Waals surface area contributed by atoms with Gasteiger partial charge in [0.2, 0.25) is 0 Å². The molecule has 3 aromatic rings. The number of halogens is 1. The molecule has 21 heavy (non-hydrogen) atoms. The lowest BCUT2D eigenvalue weighted by Gasteiger charge is -2.10. The van der Waals surface area contributed by atoms with E-state index >= 15 is 0 Å². The van der Waals surface area contributed by atoms with Crippen LogP contribution in [-0.4, -0.2) is 16.7 Å². The molecular weight excluding hydrogens is 271 g/mol. The summed E-state index contributed by atoms with van der Waals surface area (Å²) in [6.45, 7) is 0.281. The van der Waals surface area contributed by atoms with E-state index in [2.05, 4.69) is 4.98 Å². The summed E-state index contributed by atoms with van der Waals surface area (Å²) in [7, 11) is 1.42. The fourth-order valence-electron chi connectivity index (χ4n) is 2.27. The Labute approximate surface area is 120 Å². The van der Waals surface area contributed by atoms with E-state index in [0.717, 1.165) is 11.0 Å². The summed E-state index contributed by atoms with van der Waals surface area (Å²) >= 11 is 0. The second-order valence-electron chi connectivity index (χ2n) is 4.64. The van der Waals surface area contributed by atoms with E-state index in [0.29, 0.717) is 5.56 Å². The molecule has 0 aliphatic carbocycles. The number of ether oxygens (including phenoxy) is 1. The fraction of sp³-hybridized carbons (Fsp3) is 0.125. The van der Waals surface area contributed by atoms with Crippen molar-refractivity contribution in [3.8, 4) is 5.75 Å². The number of rotatable bonds is 3. The Balaban J connectivity index is 2.07. The molecule has 0 radical (unpaired) electrons. The van der Waals surface area contributed by atoms with Gasteiger partial charge < -0.3 is 9.30 Å². The molecule has 0 unspecified atom stereocenters. The first-order chi connectivity index (χ1) is 10.2. The lowest BCUT2D eigenvalue weighted by molar-refractivity contribution is 0.386. The van der Waals surface area contributed by atoms with Gasteiger partial charge in [-0.3, -0.25) is 4.79 Å². The third-order valence-corrected chi connectivity index (χ3v) is 3.31. The van der Waals surface area contributed by atoms with Gasteiger partial charge in [0.25, 0.3) is 5.56 Å². The zero-order chi connectivity index (χ0) is 14.8. The van der Waals surface area contributed by atoms with Crippen molar-refractivity contribution in [1.29, 1.82) is 0 Å². The van der Waals surface area contributed by atoms with Crippen molar-refractivity contribution in [2.24, 2.45) is 0 Å². The molecule has 106 valence electrons. The highest BCUT2D eigenvalue weighted by Crippen LogP contribution is 2.19.